The Morgan fingerprint density at radius 3 is 2.87 bits per heavy atom. The smallest absolute Gasteiger partial charge is 0.264 e. The van der Waals surface area contributed by atoms with Crippen LogP contribution in [-0.4, -0.2) is 20.1 Å². The van der Waals surface area contributed by atoms with Gasteiger partial charge < -0.3 is 10.3 Å². The number of nitrogen functional groups attached to an aromatic ring is 1. The molecule has 0 aromatic carbocycles. The van der Waals surface area contributed by atoms with Crippen molar-refractivity contribution in [1.82, 2.24) is 20.1 Å². The van der Waals surface area contributed by atoms with Crippen molar-refractivity contribution in [1.29, 1.82) is 0 Å². The zero-order valence-electron chi connectivity index (χ0n) is 7.94. The maximum atomic E-state index is 5.86. The number of hydrogen-bond donors (Lipinski definition) is 1. The van der Waals surface area contributed by atoms with Crippen LogP contribution in [0.25, 0.3) is 11.5 Å². The largest absolute Gasteiger partial charge is 0.383 e. The first-order valence-electron chi connectivity index (χ1n) is 4.31. The number of nitrogens with zero attached hydrogens (tertiary/aromatic N) is 4. The Labute approximate surface area is 90.5 Å². The number of anilines is 1. The molecule has 0 fully saturated rings. The zero-order valence-corrected chi connectivity index (χ0v) is 8.69. The molecule has 0 radical (unpaired) electrons. The Kier molecular flexibility index (Phi) is 2.51. The van der Waals surface area contributed by atoms with E-state index in [1.165, 1.54) is 6.33 Å². The maximum absolute atomic E-state index is 5.86. The molecule has 0 aliphatic heterocycles. The van der Waals surface area contributed by atoms with Gasteiger partial charge in [0.05, 0.1) is 0 Å². The Morgan fingerprint density at radius 1 is 1.47 bits per heavy atom. The van der Waals surface area contributed by atoms with Crippen molar-refractivity contribution in [3.05, 3.63) is 17.3 Å². The summed E-state index contributed by atoms with van der Waals surface area (Å²) in [5.41, 5.74) is 6.02. The third-order valence-electron chi connectivity index (χ3n) is 1.83. The number of aryl methyl sites for hydroxylation is 1. The number of nitrogens with two attached hydrogens (primary N) is 1. The van der Waals surface area contributed by atoms with Crippen molar-refractivity contribution in [2.24, 2.45) is 0 Å². The molecule has 2 aromatic rings. The third-order valence-corrected chi connectivity index (χ3v) is 2.12. The summed E-state index contributed by atoms with van der Waals surface area (Å²) in [5, 5.41) is 3.94. The highest BCUT2D eigenvalue weighted by Crippen LogP contribution is 2.28. The minimum absolute atomic E-state index is 0.203. The average Bonchev–Trinajstić information content (AvgIpc) is 2.66. The van der Waals surface area contributed by atoms with Gasteiger partial charge in [-0.1, -0.05) is 23.7 Å². The maximum Gasteiger partial charge on any atom is 0.264 e. The Balaban J connectivity index is 2.53. The molecule has 15 heavy (non-hydrogen) atoms. The highest BCUT2D eigenvalue weighted by Gasteiger charge is 2.16. The van der Waals surface area contributed by atoms with E-state index in [1.807, 2.05) is 6.92 Å². The molecule has 6 nitrogen and oxygen atoms in total. The lowest BCUT2D eigenvalue weighted by atomic mass is 10.3. The van der Waals surface area contributed by atoms with Gasteiger partial charge in [-0.2, -0.15) is 4.98 Å². The molecule has 2 heterocycles. The molecule has 0 bridgehead atoms. The van der Waals surface area contributed by atoms with E-state index < -0.39 is 0 Å². The minimum Gasteiger partial charge on any atom is -0.383 e. The second kappa shape index (κ2) is 3.82. The summed E-state index contributed by atoms with van der Waals surface area (Å²) in [6.45, 7) is 1.92. The molecule has 0 spiro atoms. The summed E-state index contributed by atoms with van der Waals surface area (Å²) < 4.78 is 5.00. The predicted octanol–water partition coefficient (Wildman–Crippen LogP) is 1.32. The van der Waals surface area contributed by atoms with Gasteiger partial charge in [-0.3, -0.25) is 0 Å². The molecule has 0 aliphatic carbocycles. The number of hydrogen-bond acceptors (Lipinski definition) is 6. The van der Waals surface area contributed by atoms with Gasteiger partial charge in [0.1, 0.15) is 22.9 Å². The lowest BCUT2D eigenvalue weighted by Crippen LogP contribution is -1.96. The van der Waals surface area contributed by atoms with Gasteiger partial charge in [-0.15, -0.1) is 0 Å². The molecule has 2 aromatic heterocycles. The van der Waals surface area contributed by atoms with E-state index in [4.69, 9.17) is 21.9 Å². The van der Waals surface area contributed by atoms with Gasteiger partial charge in [0.15, 0.2) is 5.82 Å². The molecule has 78 valence electrons. The Bertz CT molecular complexity index is 463. The fourth-order valence-electron chi connectivity index (χ4n) is 1.07. The minimum atomic E-state index is 0.203. The van der Waals surface area contributed by atoms with Crippen molar-refractivity contribution in [3.63, 3.8) is 0 Å². The van der Waals surface area contributed by atoms with Gasteiger partial charge in [0.2, 0.25) is 0 Å². The van der Waals surface area contributed by atoms with Crippen LogP contribution in [0.15, 0.2) is 10.9 Å². The fourth-order valence-corrected chi connectivity index (χ4v) is 1.29. The number of aromatic nitrogens is 4. The van der Waals surface area contributed by atoms with Crippen molar-refractivity contribution in [3.8, 4) is 11.5 Å². The normalized spacial score (nSPS) is 10.5. The lowest BCUT2D eigenvalue weighted by molar-refractivity contribution is 0.423. The third kappa shape index (κ3) is 1.75. The molecule has 0 unspecified atom stereocenters. The van der Waals surface area contributed by atoms with Gasteiger partial charge >= 0.3 is 0 Å². The van der Waals surface area contributed by atoms with Gasteiger partial charge in [-0.05, 0) is 0 Å². The van der Waals surface area contributed by atoms with Crippen LogP contribution < -0.4 is 5.73 Å². The van der Waals surface area contributed by atoms with Crippen LogP contribution in [0.5, 0.6) is 0 Å². The van der Waals surface area contributed by atoms with E-state index in [9.17, 15) is 0 Å². The van der Waals surface area contributed by atoms with Crippen molar-refractivity contribution in [2.45, 2.75) is 13.3 Å². The van der Waals surface area contributed by atoms with Crippen LogP contribution in [0, 0.1) is 0 Å². The standard InChI is InChI=1S/C8H8ClN5O/c1-2-4-13-8(15-14-4)5-6(9)11-3-12-7(5)10/h3H,2H2,1H3,(H2,10,11,12). The van der Waals surface area contributed by atoms with Crippen LogP contribution in [0.3, 0.4) is 0 Å². The van der Waals surface area contributed by atoms with Crippen LogP contribution >= 0.6 is 11.6 Å². The quantitative estimate of drug-likeness (QED) is 0.776. The second-order valence-corrected chi connectivity index (χ2v) is 3.15. The number of rotatable bonds is 2. The molecular formula is C8H8ClN5O. The summed E-state index contributed by atoms with van der Waals surface area (Å²) in [4.78, 5) is 11.7. The fraction of sp³-hybridized carbons (Fsp3) is 0.250. The topological polar surface area (TPSA) is 90.7 Å². The first kappa shape index (κ1) is 9.85. The molecule has 0 atom stereocenters. The monoisotopic (exact) mass is 225 g/mol. The van der Waals surface area contributed by atoms with E-state index in [2.05, 4.69) is 20.1 Å². The predicted molar refractivity (Wildman–Crippen MR) is 54.1 cm³/mol. The van der Waals surface area contributed by atoms with Crippen LogP contribution in [-0.2, 0) is 6.42 Å². The molecule has 0 amide bonds. The van der Waals surface area contributed by atoms with Gasteiger partial charge in [0, 0.05) is 6.42 Å². The second-order valence-electron chi connectivity index (χ2n) is 2.79. The summed E-state index contributed by atoms with van der Waals surface area (Å²) in [7, 11) is 0. The molecule has 7 heteroatoms. The van der Waals surface area contributed by atoms with Crippen molar-refractivity contribution >= 4 is 17.4 Å². The van der Waals surface area contributed by atoms with Gasteiger partial charge in [-0.25, -0.2) is 9.97 Å². The van der Waals surface area contributed by atoms with Crippen LogP contribution in [0.4, 0.5) is 5.82 Å². The highest BCUT2D eigenvalue weighted by atomic mass is 35.5. The summed E-state index contributed by atoms with van der Waals surface area (Å²) in [6.07, 6.45) is 1.95. The van der Waals surface area contributed by atoms with Crippen LogP contribution in [0.1, 0.15) is 12.7 Å². The van der Waals surface area contributed by atoms with Crippen LogP contribution in [0.2, 0.25) is 5.15 Å². The zero-order chi connectivity index (χ0) is 10.8. The lowest BCUT2D eigenvalue weighted by Gasteiger charge is -1.99. The molecule has 0 saturated carbocycles. The summed E-state index contributed by atoms with van der Waals surface area (Å²) in [5.74, 6) is 1.06. The Hall–Kier alpha value is -1.69. The molecule has 0 saturated heterocycles. The average molecular weight is 226 g/mol. The first-order chi connectivity index (χ1) is 7.22. The molecule has 2 N–H and O–H groups in total. The number of halogens is 1. The summed E-state index contributed by atoms with van der Waals surface area (Å²) in [6, 6.07) is 0. The van der Waals surface area contributed by atoms with Gasteiger partial charge in [0.25, 0.3) is 5.89 Å². The van der Waals surface area contributed by atoms with E-state index in [0.29, 0.717) is 17.8 Å². The molecule has 2 rings (SSSR count). The summed E-state index contributed by atoms with van der Waals surface area (Å²) >= 11 is 5.86. The van der Waals surface area contributed by atoms with E-state index >= 15 is 0 Å². The van der Waals surface area contributed by atoms with Crippen molar-refractivity contribution < 1.29 is 4.52 Å². The highest BCUT2D eigenvalue weighted by molar-refractivity contribution is 6.32. The molecular weight excluding hydrogens is 218 g/mol. The SMILES string of the molecule is CCc1noc(-c2c(N)ncnc2Cl)n1. The Morgan fingerprint density at radius 2 is 2.27 bits per heavy atom. The van der Waals surface area contributed by atoms with E-state index in [-0.39, 0.29) is 16.9 Å². The van der Waals surface area contributed by atoms with Crippen molar-refractivity contribution in [2.75, 3.05) is 5.73 Å². The first-order valence-corrected chi connectivity index (χ1v) is 4.69. The van der Waals surface area contributed by atoms with E-state index in [0.717, 1.165) is 0 Å². The van der Waals surface area contributed by atoms with E-state index in [1.54, 1.807) is 0 Å². The molecule has 0 aliphatic rings.